The molecule has 1 fully saturated rings. The highest BCUT2D eigenvalue weighted by Crippen LogP contribution is 2.18. The van der Waals surface area contributed by atoms with Gasteiger partial charge in [0.25, 0.3) is 0 Å². The van der Waals surface area contributed by atoms with Crippen molar-refractivity contribution in [2.24, 2.45) is 0 Å². The molecule has 16 heavy (non-hydrogen) atoms. The number of hydrogen-bond donors (Lipinski definition) is 2. The molecule has 1 saturated carbocycles. The fourth-order valence-electron chi connectivity index (χ4n) is 2.22. The monoisotopic (exact) mass is 249 g/mol. The number of hydrogen-bond acceptors (Lipinski definition) is 4. The summed E-state index contributed by atoms with van der Waals surface area (Å²) in [6.45, 7) is 3.53. The summed E-state index contributed by atoms with van der Waals surface area (Å²) < 4.78 is 22.9. The number of aliphatic hydroxyl groups is 1. The standard InChI is InChI=1S/C11H23NO3S/c1-3-16(14,15)8-9(2)12-10-6-4-5-7-11(10)13/h9-13H,3-8H2,1-2H3. The lowest BCUT2D eigenvalue weighted by molar-refractivity contribution is 0.0872. The minimum Gasteiger partial charge on any atom is -0.392 e. The first-order valence-corrected chi connectivity index (χ1v) is 7.91. The van der Waals surface area contributed by atoms with Gasteiger partial charge in [-0.15, -0.1) is 0 Å². The summed E-state index contributed by atoms with van der Waals surface area (Å²) >= 11 is 0. The normalized spacial score (nSPS) is 28.9. The molecule has 2 N–H and O–H groups in total. The Bertz CT molecular complexity index is 302. The molecule has 0 spiro atoms. The van der Waals surface area contributed by atoms with Gasteiger partial charge in [-0.2, -0.15) is 0 Å². The molecule has 96 valence electrons. The van der Waals surface area contributed by atoms with E-state index in [1.165, 1.54) is 0 Å². The maximum absolute atomic E-state index is 11.4. The first-order chi connectivity index (χ1) is 7.44. The van der Waals surface area contributed by atoms with Gasteiger partial charge in [-0.05, 0) is 19.8 Å². The van der Waals surface area contributed by atoms with E-state index < -0.39 is 9.84 Å². The van der Waals surface area contributed by atoms with Gasteiger partial charge in [0, 0.05) is 17.8 Å². The minimum absolute atomic E-state index is 0.0656. The average Bonchev–Trinajstić information content (AvgIpc) is 2.21. The number of nitrogens with one attached hydrogen (secondary N) is 1. The third-order valence-electron chi connectivity index (χ3n) is 3.17. The summed E-state index contributed by atoms with van der Waals surface area (Å²) in [4.78, 5) is 0. The van der Waals surface area contributed by atoms with Crippen LogP contribution in [0.1, 0.15) is 39.5 Å². The van der Waals surface area contributed by atoms with Crippen LogP contribution in [0.15, 0.2) is 0 Å². The topological polar surface area (TPSA) is 66.4 Å². The summed E-state index contributed by atoms with van der Waals surface area (Å²) in [5.41, 5.74) is 0. The van der Waals surface area contributed by atoms with Crippen LogP contribution in [0.4, 0.5) is 0 Å². The average molecular weight is 249 g/mol. The zero-order chi connectivity index (χ0) is 12.2. The molecular weight excluding hydrogens is 226 g/mol. The van der Waals surface area contributed by atoms with E-state index in [1.54, 1.807) is 6.92 Å². The number of sulfone groups is 1. The Labute approximate surface area is 98.4 Å². The predicted molar refractivity (Wildman–Crippen MR) is 65.2 cm³/mol. The Morgan fingerprint density at radius 3 is 2.56 bits per heavy atom. The van der Waals surface area contributed by atoms with E-state index in [2.05, 4.69) is 5.32 Å². The molecule has 0 heterocycles. The molecule has 0 aromatic carbocycles. The van der Waals surface area contributed by atoms with Crippen LogP contribution in [0.5, 0.6) is 0 Å². The van der Waals surface area contributed by atoms with Gasteiger partial charge in [-0.1, -0.05) is 19.8 Å². The molecule has 1 rings (SSSR count). The van der Waals surface area contributed by atoms with Crippen LogP contribution >= 0.6 is 0 Å². The second-order valence-corrected chi connectivity index (χ2v) is 7.12. The molecule has 3 unspecified atom stereocenters. The molecule has 0 aromatic rings. The molecule has 5 heteroatoms. The highest BCUT2D eigenvalue weighted by atomic mass is 32.2. The molecular formula is C11H23NO3S. The molecule has 0 bridgehead atoms. The molecule has 0 saturated heterocycles. The summed E-state index contributed by atoms with van der Waals surface area (Å²) in [5.74, 6) is 0.346. The van der Waals surface area contributed by atoms with Crippen LogP contribution in [0.25, 0.3) is 0 Å². The van der Waals surface area contributed by atoms with Gasteiger partial charge < -0.3 is 10.4 Å². The molecule has 0 radical (unpaired) electrons. The summed E-state index contributed by atoms with van der Waals surface area (Å²) in [5, 5.41) is 13.0. The number of aliphatic hydroxyl groups excluding tert-OH is 1. The van der Waals surface area contributed by atoms with Gasteiger partial charge in [0.2, 0.25) is 0 Å². The zero-order valence-corrected chi connectivity index (χ0v) is 11.0. The maximum atomic E-state index is 11.4. The lowest BCUT2D eigenvalue weighted by Crippen LogP contribution is -2.48. The van der Waals surface area contributed by atoms with Crippen molar-refractivity contribution in [2.75, 3.05) is 11.5 Å². The zero-order valence-electron chi connectivity index (χ0n) is 10.1. The fraction of sp³-hybridized carbons (Fsp3) is 1.00. The summed E-state index contributed by atoms with van der Waals surface area (Å²) in [6, 6.07) is -0.0153. The van der Waals surface area contributed by atoms with Gasteiger partial charge >= 0.3 is 0 Å². The van der Waals surface area contributed by atoms with E-state index in [0.717, 1.165) is 25.7 Å². The molecule has 1 aliphatic carbocycles. The van der Waals surface area contributed by atoms with Crippen LogP contribution in [-0.2, 0) is 9.84 Å². The Hall–Kier alpha value is -0.130. The van der Waals surface area contributed by atoms with Crippen molar-refractivity contribution in [3.63, 3.8) is 0 Å². The first kappa shape index (κ1) is 13.9. The third-order valence-corrected chi connectivity index (χ3v) is 5.06. The van der Waals surface area contributed by atoms with Crippen molar-refractivity contribution >= 4 is 9.84 Å². The Morgan fingerprint density at radius 2 is 2.00 bits per heavy atom. The lowest BCUT2D eigenvalue weighted by Gasteiger charge is -2.31. The minimum atomic E-state index is -2.93. The SMILES string of the molecule is CCS(=O)(=O)CC(C)NC1CCCCC1O. The molecule has 0 amide bonds. The fourth-order valence-corrected chi connectivity index (χ4v) is 3.31. The van der Waals surface area contributed by atoms with E-state index in [-0.39, 0.29) is 29.7 Å². The van der Waals surface area contributed by atoms with Gasteiger partial charge in [-0.25, -0.2) is 8.42 Å². The number of rotatable bonds is 5. The van der Waals surface area contributed by atoms with Crippen LogP contribution in [0.2, 0.25) is 0 Å². The molecule has 3 atom stereocenters. The van der Waals surface area contributed by atoms with Crippen molar-refractivity contribution in [1.29, 1.82) is 0 Å². The third kappa shape index (κ3) is 4.39. The predicted octanol–water partition coefficient (Wildman–Crippen LogP) is 0.703. The van der Waals surface area contributed by atoms with Crippen LogP contribution in [0, 0.1) is 0 Å². The van der Waals surface area contributed by atoms with Gasteiger partial charge in [0.1, 0.15) is 0 Å². The highest BCUT2D eigenvalue weighted by molar-refractivity contribution is 7.91. The molecule has 0 aliphatic heterocycles. The largest absolute Gasteiger partial charge is 0.392 e. The Morgan fingerprint density at radius 1 is 1.38 bits per heavy atom. The van der Waals surface area contributed by atoms with E-state index in [9.17, 15) is 13.5 Å². The molecule has 1 aliphatic rings. The summed E-state index contributed by atoms with van der Waals surface area (Å²) in [7, 11) is -2.93. The summed E-state index contributed by atoms with van der Waals surface area (Å²) in [6.07, 6.45) is 3.63. The quantitative estimate of drug-likeness (QED) is 0.753. The van der Waals surface area contributed by atoms with E-state index in [4.69, 9.17) is 0 Å². The van der Waals surface area contributed by atoms with E-state index in [0.29, 0.717) is 0 Å². The first-order valence-electron chi connectivity index (χ1n) is 6.09. The van der Waals surface area contributed by atoms with Crippen LogP contribution < -0.4 is 5.32 Å². The van der Waals surface area contributed by atoms with Crippen LogP contribution in [-0.4, -0.2) is 43.2 Å². The van der Waals surface area contributed by atoms with Crippen molar-refractivity contribution in [3.05, 3.63) is 0 Å². The van der Waals surface area contributed by atoms with Crippen molar-refractivity contribution in [3.8, 4) is 0 Å². The van der Waals surface area contributed by atoms with E-state index >= 15 is 0 Å². The lowest BCUT2D eigenvalue weighted by atomic mass is 9.92. The smallest absolute Gasteiger partial charge is 0.151 e. The van der Waals surface area contributed by atoms with Crippen molar-refractivity contribution < 1.29 is 13.5 Å². The second kappa shape index (κ2) is 5.98. The highest BCUT2D eigenvalue weighted by Gasteiger charge is 2.25. The Kier molecular flexibility index (Phi) is 5.21. The second-order valence-electron chi connectivity index (χ2n) is 4.72. The van der Waals surface area contributed by atoms with E-state index in [1.807, 2.05) is 6.92 Å². The van der Waals surface area contributed by atoms with Gasteiger partial charge in [-0.3, -0.25) is 0 Å². The molecule has 0 aromatic heterocycles. The van der Waals surface area contributed by atoms with Crippen molar-refractivity contribution in [2.45, 2.75) is 57.7 Å². The van der Waals surface area contributed by atoms with Crippen molar-refractivity contribution in [1.82, 2.24) is 5.32 Å². The van der Waals surface area contributed by atoms with Gasteiger partial charge in [0.05, 0.1) is 11.9 Å². The van der Waals surface area contributed by atoms with Gasteiger partial charge in [0.15, 0.2) is 9.84 Å². The Balaban J connectivity index is 2.41. The molecule has 4 nitrogen and oxygen atoms in total. The maximum Gasteiger partial charge on any atom is 0.151 e. The van der Waals surface area contributed by atoms with Crippen LogP contribution in [0.3, 0.4) is 0 Å².